The van der Waals surface area contributed by atoms with Crippen LogP contribution in [0.4, 0.5) is 11.5 Å². The molecule has 4 aromatic rings. The van der Waals surface area contributed by atoms with Crippen molar-refractivity contribution in [3.63, 3.8) is 0 Å². The number of anilines is 2. The molecule has 11 nitrogen and oxygen atoms in total. The third-order valence-electron chi connectivity index (χ3n) is 5.11. The van der Waals surface area contributed by atoms with Gasteiger partial charge in [-0.3, -0.25) is 28.1 Å². The van der Waals surface area contributed by atoms with Crippen LogP contribution < -0.4 is 27.4 Å². The molecule has 0 aliphatic rings. The van der Waals surface area contributed by atoms with Crippen LogP contribution >= 0.6 is 11.3 Å². The van der Waals surface area contributed by atoms with E-state index in [9.17, 15) is 14.4 Å². The maximum Gasteiger partial charge on any atom is 0.330 e. The summed E-state index contributed by atoms with van der Waals surface area (Å²) in [6.45, 7) is 2.63. The lowest BCUT2D eigenvalue weighted by Crippen LogP contribution is -2.37. The number of aryl methyl sites for hydroxylation is 1. The lowest BCUT2D eigenvalue weighted by molar-refractivity contribution is 0.603. The number of nitrogens with zero attached hydrogens (tertiary/aromatic N) is 6. The Labute approximate surface area is 174 Å². The molecule has 0 fully saturated rings. The van der Waals surface area contributed by atoms with Crippen LogP contribution in [-0.2, 0) is 20.1 Å². The van der Waals surface area contributed by atoms with E-state index in [1.165, 1.54) is 20.5 Å². The summed E-state index contributed by atoms with van der Waals surface area (Å²) in [4.78, 5) is 41.1. The van der Waals surface area contributed by atoms with Gasteiger partial charge in [0.15, 0.2) is 5.82 Å². The first-order valence-corrected chi connectivity index (χ1v) is 10.4. The van der Waals surface area contributed by atoms with Crippen molar-refractivity contribution in [2.45, 2.75) is 32.9 Å². The number of rotatable bonds is 6. The van der Waals surface area contributed by atoms with Crippen molar-refractivity contribution in [3.05, 3.63) is 48.5 Å². The summed E-state index contributed by atoms with van der Waals surface area (Å²) in [5, 5.41) is 10.2. The molecular weight excluding hydrogens is 408 g/mol. The highest BCUT2D eigenvalue weighted by Gasteiger charge is 2.20. The Bertz CT molecular complexity index is 1420. The van der Waals surface area contributed by atoms with Crippen LogP contribution in [0.1, 0.15) is 25.6 Å². The Morgan fingerprint density at radius 3 is 2.77 bits per heavy atom. The molecule has 4 aromatic heterocycles. The monoisotopic (exact) mass is 430 g/mol. The fourth-order valence-electron chi connectivity index (χ4n) is 3.53. The normalized spacial score (nSPS) is 11.6. The zero-order valence-electron chi connectivity index (χ0n) is 16.9. The Balaban J connectivity index is 1.81. The van der Waals surface area contributed by atoms with Crippen LogP contribution in [-0.4, -0.2) is 35.8 Å². The number of nitrogen functional groups attached to an aromatic ring is 1. The molecule has 12 heteroatoms. The Morgan fingerprint density at radius 2 is 2.03 bits per heavy atom. The number of hydrogen-bond acceptors (Lipinski definition) is 8. The first kappa shape index (κ1) is 19.9. The molecule has 0 amide bonds. The second-order valence-electron chi connectivity index (χ2n) is 7.11. The third kappa shape index (κ3) is 3.00. The van der Waals surface area contributed by atoms with Gasteiger partial charge in [-0.15, -0.1) is 21.5 Å². The maximum absolute atomic E-state index is 12.5. The molecule has 4 rings (SSSR count). The number of thiophene rings is 1. The minimum Gasteiger partial charge on any atom is -0.383 e. The first-order valence-electron chi connectivity index (χ1n) is 9.49. The summed E-state index contributed by atoms with van der Waals surface area (Å²) in [6, 6.07) is 1.84. The van der Waals surface area contributed by atoms with Crippen molar-refractivity contribution in [1.29, 1.82) is 0 Å². The van der Waals surface area contributed by atoms with Crippen molar-refractivity contribution in [1.82, 2.24) is 28.7 Å². The maximum atomic E-state index is 12.5. The van der Waals surface area contributed by atoms with Crippen molar-refractivity contribution in [2.24, 2.45) is 7.05 Å². The molecule has 0 atom stereocenters. The molecule has 0 saturated heterocycles. The predicted octanol–water partition coefficient (Wildman–Crippen LogP) is 0.511. The summed E-state index contributed by atoms with van der Waals surface area (Å²) in [6.07, 6.45) is 1.65. The summed E-state index contributed by atoms with van der Waals surface area (Å²) in [5.41, 5.74) is 5.88. The van der Waals surface area contributed by atoms with Gasteiger partial charge in [0.25, 0.3) is 11.1 Å². The van der Waals surface area contributed by atoms with Gasteiger partial charge in [-0.05, 0) is 17.9 Å². The molecule has 0 radical (unpaired) electrons. The topological polar surface area (TPSA) is 136 Å². The van der Waals surface area contributed by atoms with Crippen LogP contribution in [0.2, 0.25) is 0 Å². The third-order valence-corrected chi connectivity index (χ3v) is 6.00. The largest absolute Gasteiger partial charge is 0.383 e. The highest BCUT2D eigenvalue weighted by Crippen LogP contribution is 2.22. The predicted molar refractivity (Wildman–Crippen MR) is 116 cm³/mol. The van der Waals surface area contributed by atoms with Gasteiger partial charge in [0, 0.05) is 20.6 Å². The fourth-order valence-corrected chi connectivity index (χ4v) is 4.38. The second-order valence-corrected chi connectivity index (χ2v) is 8.02. The minimum atomic E-state index is -0.561. The van der Waals surface area contributed by atoms with Crippen molar-refractivity contribution >= 4 is 38.8 Å². The Morgan fingerprint density at radius 1 is 1.27 bits per heavy atom. The zero-order chi connectivity index (χ0) is 21.6. The number of unbranched alkanes of at least 4 members (excludes halogenated alkanes) is 1. The molecule has 0 spiro atoms. The average molecular weight is 430 g/mol. The summed E-state index contributed by atoms with van der Waals surface area (Å²) in [7, 11) is 3.34. The molecule has 0 aliphatic carbocycles. The number of aromatic nitrogens is 6. The van der Waals surface area contributed by atoms with Gasteiger partial charge in [-0.2, -0.15) is 0 Å². The van der Waals surface area contributed by atoms with Crippen molar-refractivity contribution in [2.75, 3.05) is 17.7 Å². The number of hydrogen-bond donors (Lipinski definition) is 2. The number of nitrogens with two attached hydrogens (primary N) is 1. The molecule has 0 aliphatic heterocycles. The van der Waals surface area contributed by atoms with E-state index in [1.807, 2.05) is 18.4 Å². The van der Waals surface area contributed by atoms with Crippen LogP contribution in [0, 0.1) is 0 Å². The molecule has 4 heterocycles. The van der Waals surface area contributed by atoms with E-state index in [2.05, 4.69) is 15.2 Å². The molecule has 30 heavy (non-hydrogen) atoms. The van der Waals surface area contributed by atoms with E-state index in [1.54, 1.807) is 23.4 Å². The molecule has 0 unspecified atom stereocenters. The highest BCUT2D eigenvalue weighted by molar-refractivity contribution is 7.17. The van der Waals surface area contributed by atoms with E-state index >= 15 is 0 Å². The molecule has 0 aromatic carbocycles. The number of aromatic amines is 1. The van der Waals surface area contributed by atoms with Gasteiger partial charge < -0.3 is 10.6 Å². The number of nitrogens with one attached hydrogen (secondary N) is 1. The van der Waals surface area contributed by atoms with E-state index < -0.39 is 11.2 Å². The number of H-pyrrole nitrogens is 1. The second kappa shape index (κ2) is 7.44. The van der Waals surface area contributed by atoms with Gasteiger partial charge in [0.2, 0.25) is 5.78 Å². The molecular formula is C18H22N8O3S. The van der Waals surface area contributed by atoms with E-state index in [0.29, 0.717) is 28.4 Å². The highest BCUT2D eigenvalue weighted by atomic mass is 32.1. The fraction of sp³-hybridized carbons (Fsp3) is 0.389. The van der Waals surface area contributed by atoms with Crippen molar-refractivity contribution < 1.29 is 0 Å². The van der Waals surface area contributed by atoms with Gasteiger partial charge in [0.05, 0.1) is 12.1 Å². The molecule has 0 saturated carbocycles. The number of fused-ring (bicyclic) bond motifs is 3. The van der Waals surface area contributed by atoms with Crippen LogP contribution in [0.25, 0.3) is 16.0 Å². The standard InChI is InChI=1S/C18H22N8O3S/c1-4-5-7-25-14(19)12(15(27)20-18(25)29)23(2)9-11-21-22-17-24(3)16(28)13-10(26(11)17)6-8-30-13/h6,8H,4-5,7,9,19H2,1-3H3,(H,20,27,29). The van der Waals surface area contributed by atoms with E-state index in [-0.39, 0.29) is 23.6 Å². The smallest absolute Gasteiger partial charge is 0.330 e. The van der Waals surface area contributed by atoms with Crippen LogP contribution in [0.5, 0.6) is 0 Å². The van der Waals surface area contributed by atoms with Gasteiger partial charge in [0.1, 0.15) is 16.2 Å². The summed E-state index contributed by atoms with van der Waals surface area (Å²) < 4.78 is 5.21. The lowest BCUT2D eigenvalue weighted by Gasteiger charge is -2.21. The van der Waals surface area contributed by atoms with Crippen LogP contribution in [0.3, 0.4) is 0 Å². The zero-order valence-corrected chi connectivity index (χ0v) is 17.7. The summed E-state index contributed by atoms with van der Waals surface area (Å²) >= 11 is 1.35. The van der Waals surface area contributed by atoms with Crippen molar-refractivity contribution in [3.8, 4) is 0 Å². The Hall–Kier alpha value is -3.41. The molecule has 0 bridgehead atoms. The van der Waals surface area contributed by atoms with Gasteiger partial charge in [-0.1, -0.05) is 13.3 Å². The molecule has 3 N–H and O–H groups in total. The van der Waals surface area contributed by atoms with Gasteiger partial charge >= 0.3 is 5.69 Å². The van der Waals surface area contributed by atoms with Gasteiger partial charge in [-0.25, -0.2) is 4.79 Å². The molecule has 158 valence electrons. The first-order chi connectivity index (χ1) is 14.3. The van der Waals surface area contributed by atoms with E-state index in [0.717, 1.165) is 12.8 Å². The van der Waals surface area contributed by atoms with E-state index in [4.69, 9.17) is 5.73 Å². The summed E-state index contributed by atoms with van der Waals surface area (Å²) in [5.74, 6) is 1.06. The minimum absolute atomic E-state index is 0.113. The SMILES string of the molecule is CCCCn1c(N)c(N(C)Cc2nnc3n(C)c(=O)c4sccc4n23)c(=O)[nH]c1=O. The quantitative estimate of drug-likeness (QED) is 0.455. The van der Waals surface area contributed by atoms with Crippen LogP contribution in [0.15, 0.2) is 25.8 Å². The average Bonchev–Trinajstić information content (AvgIpc) is 3.33. The lowest BCUT2D eigenvalue weighted by atomic mass is 10.3. The Kier molecular flexibility index (Phi) is 4.94.